The van der Waals surface area contributed by atoms with Gasteiger partial charge >= 0.3 is 12.1 Å². The number of amides is 3. The van der Waals surface area contributed by atoms with Gasteiger partial charge in [0.25, 0.3) is 11.8 Å². The van der Waals surface area contributed by atoms with E-state index in [1.165, 1.54) is 4.90 Å². The summed E-state index contributed by atoms with van der Waals surface area (Å²) in [5.74, 6) is -1.44. The molecule has 3 amide bonds. The van der Waals surface area contributed by atoms with Gasteiger partial charge in [0.2, 0.25) is 6.10 Å². The van der Waals surface area contributed by atoms with Crippen LogP contribution < -0.4 is 4.74 Å². The van der Waals surface area contributed by atoms with E-state index < -0.39 is 36.0 Å². The molecule has 0 saturated carbocycles. The minimum absolute atomic E-state index is 0.00425. The van der Waals surface area contributed by atoms with Gasteiger partial charge in [-0.05, 0) is 24.6 Å². The van der Waals surface area contributed by atoms with Crippen molar-refractivity contribution in [1.82, 2.24) is 9.96 Å². The molecule has 9 heteroatoms. The fourth-order valence-corrected chi connectivity index (χ4v) is 2.79. The Hall–Kier alpha value is -3.10. The molecule has 1 aromatic rings. The zero-order valence-corrected chi connectivity index (χ0v) is 14.3. The molecule has 26 heavy (non-hydrogen) atoms. The van der Waals surface area contributed by atoms with Crippen molar-refractivity contribution in [1.29, 1.82) is 0 Å². The molecule has 0 aliphatic carbocycles. The lowest BCUT2D eigenvalue weighted by Gasteiger charge is -2.21. The first kappa shape index (κ1) is 17.7. The summed E-state index contributed by atoms with van der Waals surface area (Å²) in [7, 11) is 1.56. The summed E-state index contributed by atoms with van der Waals surface area (Å²) >= 11 is 0. The maximum Gasteiger partial charge on any atom is 0.411 e. The highest BCUT2D eigenvalue weighted by molar-refractivity contribution is 6.01. The van der Waals surface area contributed by atoms with Crippen molar-refractivity contribution < 1.29 is 33.5 Å². The van der Waals surface area contributed by atoms with E-state index in [9.17, 15) is 19.2 Å². The number of carbonyl (C=O) groups is 4. The number of carbonyl (C=O) groups excluding carboxylic acids is 4. The molecule has 9 nitrogen and oxygen atoms in total. The number of nitrogens with zero attached hydrogens (tertiary/aromatic N) is 2. The van der Waals surface area contributed by atoms with Crippen LogP contribution in [-0.2, 0) is 30.5 Å². The van der Waals surface area contributed by atoms with Crippen molar-refractivity contribution in [3.05, 3.63) is 29.8 Å². The minimum Gasteiger partial charge on any atom is -0.497 e. The number of methoxy groups -OCH3 is 1. The highest BCUT2D eigenvalue weighted by Gasteiger charge is 2.46. The maximum atomic E-state index is 12.2. The molecule has 0 aromatic heterocycles. The molecule has 2 saturated heterocycles. The standard InChI is InChI=1S/C17H18N2O7/c1-10-15(16(22)26-19-13(20)7-8-14(19)21)25-17(23)18(10)9-11-3-5-12(24-2)6-4-11/h3-6,10,15H,7-9H2,1-2H3/t10-,15-/m0/s1. The second-order valence-electron chi connectivity index (χ2n) is 6.01. The summed E-state index contributed by atoms with van der Waals surface area (Å²) in [5, 5.41) is 0.440. The van der Waals surface area contributed by atoms with E-state index in [-0.39, 0.29) is 19.4 Å². The fraction of sp³-hybridized carbons (Fsp3) is 0.412. The predicted molar refractivity (Wildman–Crippen MR) is 85.4 cm³/mol. The van der Waals surface area contributed by atoms with E-state index in [2.05, 4.69) is 0 Å². The van der Waals surface area contributed by atoms with Crippen LogP contribution in [0.5, 0.6) is 5.75 Å². The van der Waals surface area contributed by atoms with Gasteiger partial charge in [0, 0.05) is 19.4 Å². The van der Waals surface area contributed by atoms with Crippen molar-refractivity contribution in [2.45, 2.75) is 38.5 Å². The summed E-state index contributed by atoms with van der Waals surface area (Å²) in [4.78, 5) is 53.7. The smallest absolute Gasteiger partial charge is 0.411 e. The van der Waals surface area contributed by atoms with Gasteiger partial charge in [-0.1, -0.05) is 12.1 Å². The topological polar surface area (TPSA) is 102 Å². The van der Waals surface area contributed by atoms with Gasteiger partial charge in [0.15, 0.2) is 0 Å². The fourth-order valence-electron chi connectivity index (χ4n) is 2.79. The zero-order chi connectivity index (χ0) is 18.8. The monoisotopic (exact) mass is 362 g/mol. The van der Waals surface area contributed by atoms with Crippen molar-refractivity contribution in [3.63, 3.8) is 0 Å². The molecule has 0 unspecified atom stereocenters. The number of hydrogen-bond donors (Lipinski definition) is 0. The van der Waals surface area contributed by atoms with Crippen LogP contribution in [0.25, 0.3) is 0 Å². The molecule has 2 heterocycles. The van der Waals surface area contributed by atoms with Crippen LogP contribution in [-0.4, -0.2) is 53.1 Å². The van der Waals surface area contributed by atoms with Gasteiger partial charge in [-0.15, -0.1) is 5.06 Å². The van der Waals surface area contributed by atoms with E-state index in [0.717, 1.165) is 5.56 Å². The molecule has 0 N–H and O–H groups in total. The molecular formula is C17H18N2O7. The first-order valence-electron chi connectivity index (χ1n) is 8.08. The minimum atomic E-state index is -1.22. The molecule has 2 atom stereocenters. The lowest BCUT2D eigenvalue weighted by Crippen LogP contribution is -2.42. The summed E-state index contributed by atoms with van der Waals surface area (Å²) < 4.78 is 10.2. The van der Waals surface area contributed by atoms with Gasteiger partial charge < -0.3 is 14.3 Å². The lowest BCUT2D eigenvalue weighted by atomic mass is 10.1. The van der Waals surface area contributed by atoms with Gasteiger partial charge in [0.05, 0.1) is 13.2 Å². The third-order valence-electron chi connectivity index (χ3n) is 4.32. The average Bonchev–Trinajstić information content (AvgIpc) is 3.10. The Bertz CT molecular complexity index is 730. The normalized spacial score (nSPS) is 22.6. The van der Waals surface area contributed by atoms with E-state index in [0.29, 0.717) is 10.8 Å². The molecule has 0 bridgehead atoms. The number of imide groups is 1. The summed E-state index contributed by atoms with van der Waals surface area (Å²) in [5.41, 5.74) is 0.827. The Morgan fingerprint density at radius 1 is 1.15 bits per heavy atom. The Morgan fingerprint density at radius 3 is 2.35 bits per heavy atom. The number of benzene rings is 1. The van der Waals surface area contributed by atoms with E-state index in [4.69, 9.17) is 14.3 Å². The van der Waals surface area contributed by atoms with Crippen LogP contribution in [0.15, 0.2) is 24.3 Å². The van der Waals surface area contributed by atoms with Crippen molar-refractivity contribution in [2.24, 2.45) is 0 Å². The molecule has 3 rings (SSSR count). The number of hydroxylamine groups is 2. The van der Waals surface area contributed by atoms with Crippen LogP contribution in [0.3, 0.4) is 0 Å². The van der Waals surface area contributed by atoms with Crippen LogP contribution in [0.4, 0.5) is 4.79 Å². The number of hydrogen-bond acceptors (Lipinski definition) is 7. The molecule has 0 radical (unpaired) electrons. The number of rotatable bonds is 5. The third kappa shape index (κ3) is 3.32. The van der Waals surface area contributed by atoms with Crippen LogP contribution in [0.2, 0.25) is 0 Å². The van der Waals surface area contributed by atoms with Gasteiger partial charge in [-0.25, -0.2) is 9.59 Å². The van der Waals surface area contributed by atoms with Gasteiger partial charge in [0.1, 0.15) is 5.75 Å². The van der Waals surface area contributed by atoms with Gasteiger partial charge in [-0.3, -0.25) is 14.5 Å². The van der Waals surface area contributed by atoms with E-state index >= 15 is 0 Å². The van der Waals surface area contributed by atoms with Crippen LogP contribution >= 0.6 is 0 Å². The summed E-state index contributed by atoms with van der Waals surface area (Å²) in [6.07, 6.45) is -1.90. The first-order chi connectivity index (χ1) is 12.4. The number of cyclic esters (lactones) is 1. The van der Waals surface area contributed by atoms with E-state index in [1.807, 2.05) is 0 Å². The highest BCUT2D eigenvalue weighted by atomic mass is 16.7. The quantitative estimate of drug-likeness (QED) is 0.720. The molecular weight excluding hydrogens is 344 g/mol. The van der Waals surface area contributed by atoms with Crippen molar-refractivity contribution in [3.8, 4) is 5.75 Å². The SMILES string of the molecule is COc1ccc(CN2C(=O)O[C@H](C(=O)ON3C(=O)CCC3=O)[C@@H]2C)cc1. The third-order valence-corrected chi connectivity index (χ3v) is 4.32. The first-order valence-corrected chi connectivity index (χ1v) is 8.08. The summed E-state index contributed by atoms with van der Waals surface area (Å²) in [6.45, 7) is 1.86. The predicted octanol–water partition coefficient (Wildman–Crippen LogP) is 1.01. The zero-order valence-electron chi connectivity index (χ0n) is 14.3. The summed E-state index contributed by atoms with van der Waals surface area (Å²) in [6, 6.07) is 6.50. The molecule has 0 spiro atoms. The second-order valence-corrected chi connectivity index (χ2v) is 6.01. The van der Waals surface area contributed by atoms with E-state index in [1.54, 1.807) is 38.3 Å². The highest BCUT2D eigenvalue weighted by Crippen LogP contribution is 2.24. The largest absolute Gasteiger partial charge is 0.497 e. The molecule has 2 fully saturated rings. The molecule has 1 aromatic carbocycles. The van der Waals surface area contributed by atoms with Crippen molar-refractivity contribution in [2.75, 3.05) is 7.11 Å². The average molecular weight is 362 g/mol. The Labute approximate surface area is 149 Å². The lowest BCUT2D eigenvalue weighted by molar-refractivity contribution is -0.202. The number of ether oxygens (including phenoxy) is 2. The van der Waals surface area contributed by atoms with Crippen LogP contribution in [0, 0.1) is 0 Å². The molecule has 2 aliphatic rings. The van der Waals surface area contributed by atoms with Crippen molar-refractivity contribution >= 4 is 23.9 Å². The molecule has 138 valence electrons. The maximum absolute atomic E-state index is 12.2. The second kappa shape index (κ2) is 7.03. The Kier molecular flexibility index (Phi) is 4.79. The Morgan fingerprint density at radius 2 is 1.77 bits per heavy atom. The van der Waals surface area contributed by atoms with Crippen LogP contribution in [0.1, 0.15) is 25.3 Å². The van der Waals surface area contributed by atoms with Gasteiger partial charge in [-0.2, -0.15) is 0 Å². The molecule has 2 aliphatic heterocycles. The Balaban J connectivity index is 1.65.